The van der Waals surface area contributed by atoms with E-state index >= 15 is 0 Å². The number of hydrogen-bond donors (Lipinski definition) is 1. The molecule has 0 saturated heterocycles. The van der Waals surface area contributed by atoms with Crippen LogP contribution in [0.2, 0.25) is 0 Å². The van der Waals surface area contributed by atoms with Gasteiger partial charge in [-0.2, -0.15) is 0 Å². The predicted molar refractivity (Wildman–Crippen MR) is 87.1 cm³/mol. The van der Waals surface area contributed by atoms with Crippen molar-refractivity contribution in [3.63, 3.8) is 0 Å². The second kappa shape index (κ2) is 11.0. The van der Waals surface area contributed by atoms with Gasteiger partial charge in [-0.3, -0.25) is 0 Å². The Balaban J connectivity index is 2.14. The summed E-state index contributed by atoms with van der Waals surface area (Å²) in [5.74, 6) is 1.01. The van der Waals surface area contributed by atoms with Crippen LogP contribution in [0, 0.1) is 6.92 Å². The summed E-state index contributed by atoms with van der Waals surface area (Å²) < 4.78 is 5.43. The lowest BCUT2D eigenvalue weighted by Crippen LogP contribution is -2.20. The Labute approximate surface area is 125 Å². The lowest BCUT2D eigenvalue weighted by Gasteiger charge is -2.16. The van der Waals surface area contributed by atoms with Crippen LogP contribution in [0.4, 0.5) is 0 Å². The molecule has 1 rings (SSSR count). The molecule has 1 atom stereocenters. The van der Waals surface area contributed by atoms with Crippen LogP contribution in [0.5, 0.6) is 0 Å². The first-order valence-electron chi connectivity index (χ1n) is 8.56. The highest BCUT2D eigenvalue weighted by molar-refractivity contribution is 5.16. The average Bonchev–Trinajstić information content (AvgIpc) is 2.87. The first kappa shape index (κ1) is 17.3. The lowest BCUT2D eigenvalue weighted by atomic mass is 10.0. The summed E-state index contributed by atoms with van der Waals surface area (Å²) in [6, 6.07) is 2.63. The summed E-state index contributed by atoms with van der Waals surface area (Å²) in [7, 11) is 0. The van der Waals surface area contributed by atoms with Crippen LogP contribution in [0.3, 0.4) is 0 Å². The van der Waals surface area contributed by atoms with Gasteiger partial charge in [-0.15, -0.1) is 0 Å². The van der Waals surface area contributed by atoms with Crippen LogP contribution in [0.15, 0.2) is 16.7 Å². The van der Waals surface area contributed by atoms with Gasteiger partial charge in [0.2, 0.25) is 0 Å². The second-order valence-corrected chi connectivity index (χ2v) is 5.86. The summed E-state index contributed by atoms with van der Waals surface area (Å²) in [6.07, 6.45) is 14.2. The molecule has 0 fully saturated rings. The van der Waals surface area contributed by atoms with Crippen molar-refractivity contribution >= 4 is 0 Å². The molecule has 1 aromatic rings. The molecule has 0 aliphatic rings. The molecule has 0 bridgehead atoms. The molecular formula is C18H33NO. The van der Waals surface area contributed by atoms with Crippen molar-refractivity contribution < 1.29 is 4.42 Å². The molecule has 1 N–H and O–H groups in total. The predicted octanol–water partition coefficient (Wildman–Crippen LogP) is 5.77. The largest absolute Gasteiger partial charge is 0.469 e. The summed E-state index contributed by atoms with van der Waals surface area (Å²) in [5, 5.41) is 3.57. The summed E-state index contributed by atoms with van der Waals surface area (Å²) in [4.78, 5) is 0. The van der Waals surface area contributed by atoms with Crippen LogP contribution in [-0.2, 0) is 0 Å². The molecule has 20 heavy (non-hydrogen) atoms. The molecule has 0 aromatic carbocycles. The summed E-state index contributed by atoms with van der Waals surface area (Å²) >= 11 is 0. The van der Waals surface area contributed by atoms with E-state index in [4.69, 9.17) is 4.42 Å². The molecule has 2 nitrogen and oxygen atoms in total. The molecular weight excluding hydrogens is 246 g/mol. The van der Waals surface area contributed by atoms with Crippen molar-refractivity contribution in [2.24, 2.45) is 0 Å². The molecule has 2 heteroatoms. The molecule has 0 radical (unpaired) electrons. The van der Waals surface area contributed by atoms with Crippen LogP contribution in [0.25, 0.3) is 0 Å². The van der Waals surface area contributed by atoms with Crippen LogP contribution < -0.4 is 5.32 Å². The Bertz CT molecular complexity index is 332. The molecule has 1 unspecified atom stereocenters. The van der Waals surface area contributed by atoms with E-state index in [2.05, 4.69) is 25.2 Å². The van der Waals surface area contributed by atoms with Gasteiger partial charge in [-0.05, 0) is 26.0 Å². The lowest BCUT2D eigenvalue weighted by molar-refractivity contribution is 0.466. The highest BCUT2D eigenvalue weighted by Crippen LogP contribution is 2.22. The zero-order valence-corrected chi connectivity index (χ0v) is 13.7. The van der Waals surface area contributed by atoms with E-state index in [1.807, 2.05) is 13.2 Å². The van der Waals surface area contributed by atoms with E-state index < -0.39 is 0 Å². The topological polar surface area (TPSA) is 25.2 Å². The standard InChI is InChI=1S/C18H33NO/c1-4-6-7-8-9-10-11-12-13-18(19-5-2)17-14-16(3)20-15-17/h14-15,18-19H,4-13H2,1-3H3. The maximum absolute atomic E-state index is 5.43. The van der Waals surface area contributed by atoms with Crippen molar-refractivity contribution in [3.05, 3.63) is 23.7 Å². The normalized spacial score (nSPS) is 12.8. The fourth-order valence-corrected chi connectivity index (χ4v) is 2.76. The maximum Gasteiger partial charge on any atom is 0.101 e. The number of nitrogens with one attached hydrogen (secondary N) is 1. The van der Waals surface area contributed by atoms with Gasteiger partial charge in [0.25, 0.3) is 0 Å². The fraction of sp³-hybridized carbons (Fsp3) is 0.778. The minimum atomic E-state index is 0.470. The Hall–Kier alpha value is -0.760. The van der Waals surface area contributed by atoms with E-state index in [1.54, 1.807) is 0 Å². The van der Waals surface area contributed by atoms with Crippen molar-refractivity contribution in [1.82, 2.24) is 5.32 Å². The van der Waals surface area contributed by atoms with Crippen molar-refractivity contribution in [1.29, 1.82) is 0 Å². The quantitative estimate of drug-likeness (QED) is 0.491. The maximum atomic E-state index is 5.43. The molecule has 0 saturated carbocycles. The summed E-state index contributed by atoms with van der Waals surface area (Å²) in [6.45, 7) is 7.49. The fourth-order valence-electron chi connectivity index (χ4n) is 2.76. The Kier molecular flexibility index (Phi) is 9.48. The molecule has 0 aliphatic heterocycles. The van der Waals surface area contributed by atoms with Gasteiger partial charge in [-0.1, -0.05) is 65.2 Å². The Morgan fingerprint density at radius 1 is 1.00 bits per heavy atom. The first-order chi connectivity index (χ1) is 9.77. The molecule has 1 aromatic heterocycles. The third-order valence-corrected chi connectivity index (χ3v) is 3.95. The average molecular weight is 279 g/mol. The minimum Gasteiger partial charge on any atom is -0.469 e. The van der Waals surface area contributed by atoms with Gasteiger partial charge in [0.15, 0.2) is 0 Å². The third kappa shape index (κ3) is 7.14. The van der Waals surface area contributed by atoms with Crippen molar-refractivity contribution in [2.75, 3.05) is 6.54 Å². The number of aryl methyl sites for hydroxylation is 1. The van der Waals surface area contributed by atoms with Gasteiger partial charge >= 0.3 is 0 Å². The smallest absolute Gasteiger partial charge is 0.101 e. The van der Waals surface area contributed by atoms with E-state index in [-0.39, 0.29) is 0 Å². The van der Waals surface area contributed by atoms with Crippen LogP contribution in [0.1, 0.15) is 89.0 Å². The summed E-state index contributed by atoms with van der Waals surface area (Å²) in [5.41, 5.74) is 1.31. The molecule has 0 amide bonds. The van der Waals surface area contributed by atoms with Crippen LogP contribution in [-0.4, -0.2) is 6.54 Å². The van der Waals surface area contributed by atoms with Crippen molar-refractivity contribution in [2.45, 2.75) is 84.6 Å². The Morgan fingerprint density at radius 2 is 1.65 bits per heavy atom. The monoisotopic (exact) mass is 279 g/mol. The van der Waals surface area contributed by atoms with Crippen molar-refractivity contribution in [3.8, 4) is 0 Å². The number of unbranched alkanes of at least 4 members (excludes halogenated alkanes) is 7. The van der Waals surface area contributed by atoms with Gasteiger partial charge in [-0.25, -0.2) is 0 Å². The number of furan rings is 1. The highest BCUT2D eigenvalue weighted by atomic mass is 16.3. The van der Waals surface area contributed by atoms with E-state index in [0.717, 1.165) is 12.3 Å². The number of rotatable bonds is 12. The van der Waals surface area contributed by atoms with E-state index in [9.17, 15) is 0 Å². The van der Waals surface area contributed by atoms with E-state index in [0.29, 0.717) is 6.04 Å². The first-order valence-corrected chi connectivity index (χ1v) is 8.56. The third-order valence-electron chi connectivity index (χ3n) is 3.95. The van der Waals surface area contributed by atoms with Gasteiger partial charge < -0.3 is 9.73 Å². The molecule has 1 heterocycles. The zero-order valence-electron chi connectivity index (χ0n) is 13.7. The highest BCUT2D eigenvalue weighted by Gasteiger charge is 2.11. The minimum absolute atomic E-state index is 0.470. The van der Waals surface area contributed by atoms with Gasteiger partial charge in [0.05, 0.1) is 6.26 Å². The van der Waals surface area contributed by atoms with E-state index in [1.165, 1.54) is 63.4 Å². The molecule has 0 aliphatic carbocycles. The van der Waals surface area contributed by atoms with Gasteiger partial charge in [0.1, 0.15) is 5.76 Å². The van der Waals surface area contributed by atoms with Crippen LogP contribution >= 0.6 is 0 Å². The molecule has 0 spiro atoms. The SMILES string of the molecule is CCCCCCCCCCC(NCC)c1coc(C)c1. The Morgan fingerprint density at radius 3 is 2.20 bits per heavy atom. The molecule has 116 valence electrons. The number of hydrogen-bond acceptors (Lipinski definition) is 2. The van der Waals surface area contributed by atoms with Gasteiger partial charge in [0, 0.05) is 11.6 Å². The zero-order chi connectivity index (χ0) is 14.6. The second-order valence-electron chi connectivity index (χ2n) is 5.86.